The van der Waals surface area contributed by atoms with Gasteiger partial charge in [-0.15, -0.1) is 11.6 Å². The van der Waals surface area contributed by atoms with Gasteiger partial charge in [0, 0.05) is 5.56 Å². The summed E-state index contributed by atoms with van der Waals surface area (Å²) in [5, 5.41) is 10.3. The van der Waals surface area contributed by atoms with Crippen LogP contribution in [0.3, 0.4) is 0 Å². The Bertz CT molecular complexity index is 683. The van der Waals surface area contributed by atoms with E-state index in [2.05, 4.69) is 0 Å². The van der Waals surface area contributed by atoms with Gasteiger partial charge < -0.3 is 5.11 Å². The minimum absolute atomic E-state index is 0.195. The molecule has 0 radical (unpaired) electrons. The fourth-order valence-corrected chi connectivity index (χ4v) is 2.99. The molecular formula is C19H15ClO. The van der Waals surface area contributed by atoms with E-state index in [4.69, 9.17) is 11.6 Å². The molecule has 0 saturated heterocycles. The molecule has 0 heterocycles. The number of alkyl halides is 1. The summed E-state index contributed by atoms with van der Waals surface area (Å²) in [6.45, 7) is 0. The molecule has 0 bridgehead atoms. The molecule has 3 rings (SSSR count). The number of benzene rings is 3. The molecule has 0 aromatic heterocycles. The van der Waals surface area contributed by atoms with Crippen molar-refractivity contribution < 1.29 is 5.11 Å². The lowest BCUT2D eigenvalue weighted by Gasteiger charge is -2.29. The highest BCUT2D eigenvalue weighted by atomic mass is 35.5. The Kier molecular flexibility index (Phi) is 3.68. The minimum Gasteiger partial charge on any atom is -0.508 e. The normalized spacial score (nSPS) is 11.3. The zero-order valence-electron chi connectivity index (χ0n) is 11.4. The maximum atomic E-state index is 10.3. The molecule has 0 saturated carbocycles. The molecule has 0 aliphatic heterocycles. The Hall–Kier alpha value is -2.25. The van der Waals surface area contributed by atoms with Crippen LogP contribution in [-0.2, 0) is 4.87 Å². The van der Waals surface area contributed by atoms with Crippen molar-refractivity contribution in [1.29, 1.82) is 0 Å². The number of phenolic OH excluding ortho intramolecular Hbond substituents is 1. The Morgan fingerprint density at radius 2 is 1.05 bits per heavy atom. The first-order valence-corrected chi connectivity index (χ1v) is 7.19. The molecule has 3 aromatic rings. The molecule has 21 heavy (non-hydrogen) atoms. The van der Waals surface area contributed by atoms with E-state index in [-0.39, 0.29) is 5.75 Å². The van der Waals surface area contributed by atoms with Crippen LogP contribution in [0.4, 0.5) is 0 Å². The van der Waals surface area contributed by atoms with E-state index < -0.39 is 4.87 Å². The van der Waals surface area contributed by atoms with Crippen LogP contribution >= 0.6 is 11.6 Å². The zero-order valence-corrected chi connectivity index (χ0v) is 12.2. The smallest absolute Gasteiger partial charge is 0.123 e. The van der Waals surface area contributed by atoms with Crippen LogP contribution in [0.2, 0.25) is 0 Å². The third-order valence-corrected chi connectivity index (χ3v) is 4.26. The van der Waals surface area contributed by atoms with Gasteiger partial charge in [-0.2, -0.15) is 0 Å². The third-order valence-electron chi connectivity index (χ3n) is 3.62. The molecule has 0 fully saturated rings. The summed E-state index contributed by atoms with van der Waals surface area (Å²) in [5.41, 5.74) is 2.54. The predicted octanol–water partition coefficient (Wildman–Crippen LogP) is 4.92. The maximum absolute atomic E-state index is 10.3. The average molecular weight is 295 g/mol. The first-order chi connectivity index (χ1) is 10.2. The van der Waals surface area contributed by atoms with Crippen molar-refractivity contribution in [3.05, 3.63) is 102 Å². The van der Waals surface area contributed by atoms with Gasteiger partial charge >= 0.3 is 0 Å². The van der Waals surface area contributed by atoms with Gasteiger partial charge in [0.15, 0.2) is 0 Å². The van der Waals surface area contributed by atoms with E-state index in [0.717, 1.165) is 11.1 Å². The molecule has 0 amide bonds. The highest BCUT2D eigenvalue weighted by Crippen LogP contribution is 2.45. The van der Waals surface area contributed by atoms with Gasteiger partial charge in [-0.25, -0.2) is 0 Å². The van der Waals surface area contributed by atoms with E-state index in [9.17, 15) is 5.11 Å². The van der Waals surface area contributed by atoms with Gasteiger partial charge in [0.2, 0.25) is 0 Å². The summed E-state index contributed by atoms with van der Waals surface area (Å²) in [5.74, 6) is 0.195. The molecule has 1 nitrogen and oxygen atoms in total. The van der Waals surface area contributed by atoms with Crippen LogP contribution in [0, 0.1) is 0 Å². The number of aromatic hydroxyl groups is 1. The Morgan fingerprint density at radius 1 is 0.619 bits per heavy atom. The lowest BCUT2D eigenvalue weighted by molar-refractivity contribution is 0.465. The molecule has 0 aliphatic carbocycles. The number of rotatable bonds is 3. The average Bonchev–Trinajstić information content (AvgIpc) is 2.56. The van der Waals surface area contributed by atoms with Gasteiger partial charge in [0.25, 0.3) is 0 Å². The molecule has 0 atom stereocenters. The van der Waals surface area contributed by atoms with Crippen molar-refractivity contribution in [2.45, 2.75) is 4.87 Å². The molecule has 1 N–H and O–H groups in total. The molecule has 0 aliphatic rings. The second kappa shape index (κ2) is 5.63. The summed E-state index contributed by atoms with van der Waals surface area (Å²) >= 11 is 7.06. The van der Waals surface area contributed by atoms with Crippen molar-refractivity contribution in [2.75, 3.05) is 0 Å². The van der Waals surface area contributed by atoms with E-state index in [0.29, 0.717) is 5.56 Å². The lowest BCUT2D eigenvalue weighted by Crippen LogP contribution is -2.22. The van der Waals surface area contributed by atoms with Crippen molar-refractivity contribution in [2.24, 2.45) is 0 Å². The number of hydrogen-bond acceptors (Lipinski definition) is 1. The predicted molar refractivity (Wildman–Crippen MR) is 86.7 cm³/mol. The lowest BCUT2D eigenvalue weighted by atomic mass is 9.84. The molecule has 2 heteroatoms. The van der Waals surface area contributed by atoms with Gasteiger partial charge in [-0.05, 0) is 17.2 Å². The number of para-hydroxylation sites is 1. The van der Waals surface area contributed by atoms with Gasteiger partial charge in [0.1, 0.15) is 10.6 Å². The SMILES string of the molecule is Oc1ccccc1C(Cl)(c1ccccc1)c1ccccc1. The highest BCUT2D eigenvalue weighted by molar-refractivity contribution is 6.28. The topological polar surface area (TPSA) is 20.2 Å². The minimum atomic E-state index is -0.909. The second-order valence-corrected chi connectivity index (χ2v) is 5.47. The summed E-state index contributed by atoms with van der Waals surface area (Å²) < 4.78 is 0. The number of phenols is 1. The van der Waals surface area contributed by atoms with Crippen LogP contribution in [0.25, 0.3) is 0 Å². The fraction of sp³-hybridized carbons (Fsp3) is 0.0526. The molecular weight excluding hydrogens is 280 g/mol. The molecule has 104 valence electrons. The quantitative estimate of drug-likeness (QED) is 0.537. The standard InChI is InChI=1S/C19H15ClO/c20-19(15-9-3-1-4-10-15,16-11-5-2-6-12-16)17-13-7-8-14-18(17)21/h1-14,21H. The van der Waals surface area contributed by atoms with Gasteiger partial charge in [-0.1, -0.05) is 78.9 Å². The Balaban J connectivity index is 2.29. The zero-order chi connectivity index (χ0) is 14.7. The van der Waals surface area contributed by atoms with Crippen molar-refractivity contribution in [1.82, 2.24) is 0 Å². The van der Waals surface area contributed by atoms with Crippen LogP contribution in [0.5, 0.6) is 5.75 Å². The Labute approximate surface area is 129 Å². The summed E-state index contributed by atoms with van der Waals surface area (Å²) in [4.78, 5) is -0.909. The van der Waals surface area contributed by atoms with E-state index in [1.165, 1.54) is 0 Å². The molecule has 3 aromatic carbocycles. The van der Waals surface area contributed by atoms with Crippen molar-refractivity contribution in [3.8, 4) is 5.75 Å². The second-order valence-electron chi connectivity index (χ2n) is 4.91. The number of halogens is 1. The van der Waals surface area contributed by atoms with Crippen LogP contribution in [-0.4, -0.2) is 5.11 Å². The van der Waals surface area contributed by atoms with E-state index >= 15 is 0 Å². The summed E-state index contributed by atoms with van der Waals surface area (Å²) in [7, 11) is 0. The van der Waals surface area contributed by atoms with Crippen LogP contribution in [0.15, 0.2) is 84.9 Å². The first-order valence-electron chi connectivity index (χ1n) is 6.81. The maximum Gasteiger partial charge on any atom is 0.123 e. The third kappa shape index (κ3) is 2.41. The molecule has 0 unspecified atom stereocenters. The van der Waals surface area contributed by atoms with Crippen LogP contribution in [0.1, 0.15) is 16.7 Å². The van der Waals surface area contributed by atoms with Gasteiger partial charge in [-0.3, -0.25) is 0 Å². The first kappa shape index (κ1) is 13.7. The summed E-state index contributed by atoms with van der Waals surface area (Å²) in [6, 6.07) is 26.9. The van der Waals surface area contributed by atoms with Gasteiger partial charge in [0.05, 0.1) is 0 Å². The van der Waals surface area contributed by atoms with Crippen molar-refractivity contribution >= 4 is 11.6 Å². The van der Waals surface area contributed by atoms with E-state index in [1.807, 2.05) is 72.8 Å². The largest absolute Gasteiger partial charge is 0.508 e. The number of hydrogen-bond donors (Lipinski definition) is 1. The van der Waals surface area contributed by atoms with E-state index in [1.54, 1.807) is 12.1 Å². The highest BCUT2D eigenvalue weighted by Gasteiger charge is 2.35. The van der Waals surface area contributed by atoms with Crippen LogP contribution < -0.4 is 0 Å². The summed E-state index contributed by atoms with van der Waals surface area (Å²) in [6.07, 6.45) is 0. The molecule has 0 spiro atoms. The Morgan fingerprint density at radius 3 is 1.52 bits per heavy atom. The monoisotopic (exact) mass is 294 g/mol. The van der Waals surface area contributed by atoms with Crippen molar-refractivity contribution in [3.63, 3.8) is 0 Å². The fourth-order valence-electron chi connectivity index (χ4n) is 2.58.